The number of rotatable bonds is 11. The van der Waals surface area contributed by atoms with Gasteiger partial charge in [-0.1, -0.05) is 35.5 Å². The molecule has 0 aromatic heterocycles. The molecule has 0 radical (unpaired) electrons. The molecule has 4 heteroatoms. The highest BCUT2D eigenvalue weighted by atomic mass is 16.6. The summed E-state index contributed by atoms with van der Waals surface area (Å²) in [6.07, 6.45) is 11.4. The molecule has 0 bridgehead atoms. The molecule has 0 saturated carbocycles. The van der Waals surface area contributed by atoms with E-state index in [1.807, 2.05) is 19.1 Å². The Balaban J connectivity index is 4.55. The van der Waals surface area contributed by atoms with Crippen LogP contribution < -0.4 is 0 Å². The third-order valence-electron chi connectivity index (χ3n) is 3.49. The zero-order valence-corrected chi connectivity index (χ0v) is 15.8. The molecule has 24 heavy (non-hydrogen) atoms. The summed E-state index contributed by atoms with van der Waals surface area (Å²) in [4.78, 5) is 23.7. The molecule has 0 unspecified atom stereocenters. The largest absolute Gasteiger partial charge is 0.465 e. The normalized spacial score (nSPS) is 11.7. The van der Waals surface area contributed by atoms with E-state index in [0.29, 0.717) is 6.42 Å². The summed E-state index contributed by atoms with van der Waals surface area (Å²) in [5.74, 6) is -1.91. The van der Waals surface area contributed by atoms with Crippen molar-refractivity contribution in [3.63, 3.8) is 0 Å². The van der Waals surface area contributed by atoms with Crippen molar-refractivity contribution in [1.82, 2.24) is 0 Å². The molecule has 0 heterocycles. The highest BCUT2D eigenvalue weighted by molar-refractivity contribution is 5.95. The number of hydrogen-bond acceptors (Lipinski definition) is 4. The lowest BCUT2D eigenvalue weighted by Crippen LogP contribution is -2.27. The average molecular weight is 336 g/mol. The van der Waals surface area contributed by atoms with Crippen LogP contribution in [0.4, 0.5) is 0 Å². The van der Waals surface area contributed by atoms with Crippen LogP contribution in [0.15, 0.2) is 35.5 Å². The van der Waals surface area contributed by atoms with Crippen molar-refractivity contribution in [1.29, 1.82) is 0 Å². The Kier molecular flexibility index (Phi) is 12.5. The Morgan fingerprint density at radius 3 is 2.04 bits per heavy atom. The minimum Gasteiger partial charge on any atom is -0.465 e. The highest BCUT2D eigenvalue weighted by Crippen LogP contribution is 2.14. The van der Waals surface area contributed by atoms with Gasteiger partial charge in [-0.3, -0.25) is 9.59 Å². The summed E-state index contributed by atoms with van der Waals surface area (Å²) in [6.45, 7) is 10.2. The van der Waals surface area contributed by atoms with Gasteiger partial charge >= 0.3 is 11.9 Å². The van der Waals surface area contributed by atoms with Crippen LogP contribution in [0.25, 0.3) is 0 Å². The molecule has 0 atom stereocenters. The maximum absolute atomic E-state index is 11.9. The van der Waals surface area contributed by atoms with Crippen molar-refractivity contribution >= 4 is 11.9 Å². The van der Waals surface area contributed by atoms with E-state index in [4.69, 9.17) is 9.47 Å². The van der Waals surface area contributed by atoms with Crippen LogP contribution >= 0.6 is 0 Å². The molecule has 0 aliphatic heterocycles. The van der Waals surface area contributed by atoms with E-state index < -0.39 is 17.9 Å². The zero-order valence-electron chi connectivity index (χ0n) is 15.8. The van der Waals surface area contributed by atoms with Crippen molar-refractivity contribution < 1.29 is 19.1 Å². The van der Waals surface area contributed by atoms with Crippen LogP contribution in [0.3, 0.4) is 0 Å². The predicted octanol–water partition coefficient (Wildman–Crippen LogP) is 4.76. The second-order valence-corrected chi connectivity index (χ2v) is 5.73. The molecule has 0 saturated heterocycles. The van der Waals surface area contributed by atoms with E-state index in [-0.39, 0.29) is 13.2 Å². The fourth-order valence-electron chi connectivity index (χ4n) is 2.15. The van der Waals surface area contributed by atoms with Crippen LogP contribution in [0.2, 0.25) is 0 Å². The lowest BCUT2D eigenvalue weighted by atomic mass is 10.0. The average Bonchev–Trinajstić information content (AvgIpc) is 2.53. The lowest BCUT2D eigenvalue weighted by molar-refractivity contribution is -0.161. The summed E-state index contributed by atoms with van der Waals surface area (Å²) >= 11 is 0. The summed E-state index contributed by atoms with van der Waals surface area (Å²) < 4.78 is 9.91. The minimum atomic E-state index is -0.874. The molecule has 0 N–H and O–H groups in total. The maximum atomic E-state index is 11.9. The Morgan fingerprint density at radius 2 is 1.58 bits per heavy atom. The number of carbonyl (C=O) groups is 2. The second kappa shape index (κ2) is 13.6. The SMILES string of the molecule is C/C=C(\C/C=C/CC(C(=O)OCC)C(=O)OCC)CCC=C(C)C. The Hall–Kier alpha value is -1.84. The lowest BCUT2D eigenvalue weighted by Gasteiger charge is -2.12. The fraction of sp³-hybridized carbons (Fsp3) is 0.600. The third kappa shape index (κ3) is 10.0. The van der Waals surface area contributed by atoms with Gasteiger partial charge in [-0.2, -0.15) is 0 Å². The molecule has 0 amide bonds. The van der Waals surface area contributed by atoms with E-state index in [2.05, 4.69) is 26.0 Å². The summed E-state index contributed by atoms with van der Waals surface area (Å²) in [5, 5.41) is 0. The van der Waals surface area contributed by atoms with Gasteiger partial charge in [0, 0.05) is 0 Å². The van der Waals surface area contributed by atoms with E-state index in [1.54, 1.807) is 13.8 Å². The van der Waals surface area contributed by atoms with E-state index in [0.717, 1.165) is 19.3 Å². The minimum absolute atomic E-state index is 0.255. The summed E-state index contributed by atoms with van der Waals surface area (Å²) in [6, 6.07) is 0. The van der Waals surface area contributed by atoms with Crippen LogP contribution in [0, 0.1) is 5.92 Å². The molecular weight excluding hydrogens is 304 g/mol. The van der Waals surface area contributed by atoms with Gasteiger partial charge in [-0.15, -0.1) is 0 Å². The smallest absolute Gasteiger partial charge is 0.320 e. The number of hydrogen-bond donors (Lipinski definition) is 0. The molecule has 0 fully saturated rings. The van der Waals surface area contributed by atoms with E-state index in [9.17, 15) is 9.59 Å². The van der Waals surface area contributed by atoms with Gasteiger partial charge in [0.1, 0.15) is 0 Å². The Labute approximate surface area is 146 Å². The summed E-state index contributed by atoms with van der Waals surface area (Å²) in [7, 11) is 0. The Morgan fingerprint density at radius 1 is 1.00 bits per heavy atom. The van der Waals surface area contributed by atoms with Crippen molar-refractivity contribution in [2.75, 3.05) is 13.2 Å². The topological polar surface area (TPSA) is 52.6 Å². The third-order valence-corrected chi connectivity index (χ3v) is 3.49. The molecule has 0 aliphatic rings. The molecule has 0 spiro atoms. The summed E-state index contributed by atoms with van der Waals surface area (Å²) in [5.41, 5.74) is 2.67. The van der Waals surface area contributed by atoms with Gasteiger partial charge in [0.05, 0.1) is 13.2 Å². The second-order valence-electron chi connectivity index (χ2n) is 5.73. The standard InChI is InChI=1S/C20H32O4/c1-6-17(14-11-12-16(4)5)13-9-10-15-18(19(21)23-7-2)20(22)24-8-3/h6,9-10,12,18H,7-8,11,13-15H2,1-5H3/b10-9+,17-6+. The monoisotopic (exact) mass is 336 g/mol. The van der Waals surface area contributed by atoms with E-state index in [1.165, 1.54) is 11.1 Å². The fourth-order valence-corrected chi connectivity index (χ4v) is 2.15. The van der Waals surface area contributed by atoms with Crippen molar-refractivity contribution in [2.45, 2.75) is 60.3 Å². The first kappa shape index (κ1) is 22.2. The number of allylic oxidation sites excluding steroid dienone is 6. The van der Waals surface area contributed by atoms with Crippen molar-refractivity contribution in [3.8, 4) is 0 Å². The zero-order chi connectivity index (χ0) is 18.4. The molecule has 0 aromatic rings. The van der Waals surface area contributed by atoms with Gasteiger partial charge in [-0.05, 0) is 60.3 Å². The number of esters is 2. The first-order chi connectivity index (χ1) is 11.5. The van der Waals surface area contributed by atoms with Crippen molar-refractivity contribution in [3.05, 3.63) is 35.5 Å². The predicted molar refractivity (Wildman–Crippen MR) is 97.6 cm³/mol. The molecule has 0 rings (SSSR count). The van der Waals surface area contributed by atoms with Gasteiger partial charge < -0.3 is 9.47 Å². The maximum Gasteiger partial charge on any atom is 0.320 e. The van der Waals surface area contributed by atoms with Crippen LogP contribution in [-0.2, 0) is 19.1 Å². The molecular formula is C20H32O4. The Bertz CT molecular complexity index is 450. The molecule has 0 aliphatic carbocycles. The van der Waals surface area contributed by atoms with Gasteiger partial charge in [0.15, 0.2) is 5.92 Å². The highest BCUT2D eigenvalue weighted by Gasteiger charge is 2.28. The number of carbonyl (C=O) groups excluding carboxylic acids is 2. The van der Waals surface area contributed by atoms with Crippen LogP contribution in [-0.4, -0.2) is 25.2 Å². The van der Waals surface area contributed by atoms with Gasteiger partial charge in [0.2, 0.25) is 0 Å². The molecule has 4 nitrogen and oxygen atoms in total. The quantitative estimate of drug-likeness (QED) is 0.310. The first-order valence-electron chi connectivity index (χ1n) is 8.71. The van der Waals surface area contributed by atoms with E-state index >= 15 is 0 Å². The van der Waals surface area contributed by atoms with Gasteiger partial charge in [0.25, 0.3) is 0 Å². The van der Waals surface area contributed by atoms with Crippen LogP contribution in [0.5, 0.6) is 0 Å². The van der Waals surface area contributed by atoms with Crippen LogP contribution in [0.1, 0.15) is 60.3 Å². The number of ether oxygens (including phenoxy) is 2. The first-order valence-corrected chi connectivity index (χ1v) is 8.71. The molecule has 0 aromatic carbocycles. The van der Waals surface area contributed by atoms with Crippen molar-refractivity contribution in [2.24, 2.45) is 5.92 Å². The van der Waals surface area contributed by atoms with Gasteiger partial charge in [-0.25, -0.2) is 0 Å². The molecule has 136 valence electrons.